The number of hydrogen-bond donors (Lipinski definition) is 0. The van der Waals surface area contributed by atoms with Gasteiger partial charge in [0.2, 0.25) is 0 Å². The van der Waals surface area contributed by atoms with E-state index in [1.54, 1.807) is 24.4 Å². The van der Waals surface area contributed by atoms with Crippen molar-refractivity contribution in [2.45, 2.75) is 38.0 Å². The zero-order chi connectivity index (χ0) is 22.5. The molecule has 7 nitrogen and oxygen atoms in total. The Morgan fingerprint density at radius 2 is 2.03 bits per heavy atom. The van der Waals surface area contributed by atoms with Gasteiger partial charge in [0.15, 0.2) is 18.1 Å². The van der Waals surface area contributed by atoms with Gasteiger partial charge >= 0.3 is 0 Å². The smallest absolute Gasteiger partial charge is 0.282 e. The molecule has 2 aromatic carbocycles. The van der Waals surface area contributed by atoms with Gasteiger partial charge in [0, 0.05) is 16.0 Å². The number of benzene rings is 2. The number of nitriles is 1. The van der Waals surface area contributed by atoms with Crippen molar-refractivity contribution in [2.24, 2.45) is 5.10 Å². The summed E-state index contributed by atoms with van der Waals surface area (Å²) in [5, 5.41) is 13.9. The molecule has 0 aliphatic heterocycles. The molecule has 1 aliphatic rings. The van der Waals surface area contributed by atoms with E-state index in [0.717, 1.165) is 25.7 Å². The molecule has 32 heavy (non-hydrogen) atoms. The largest absolute Gasteiger partial charge is 0.493 e. The first-order valence-electron chi connectivity index (χ1n) is 10.6. The molecule has 0 saturated heterocycles. The predicted octanol–water partition coefficient (Wildman–Crippen LogP) is 5.00. The topological polar surface area (TPSA) is 89.5 Å². The molecule has 1 aliphatic carbocycles. The lowest BCUT2D eigenvalue weighted by Crippen LogP contribution is -2.25. The molecule has 0 spiro atoms. The number of para-hydroxylation sites is 1. The van der Waals surface area contributed by atoms with Crippen molar-refractivity contribution in [1.29, 1.82) is 5.26 Å². The fraction of sp³-hybridized carbons (Fsp3) is 0.333. The zero-order valence-electron chi connectivity index (χ0n) is 17.8. The normalized spacial score (nSPS) is 14.5. The number of fused-ring (bicyclic) bond motifs is 1. The van der Waals surface area contributed by atoms with E-state index in [9.17, 15) is 4.79 Å². The lowest BCUT2D eigenvalue weighted by atomic mass is 9.88. The number of halogens is 1. The van der Waals surface area contributed by atoms with Crippen LogP contribution in [0.25, 0.3) is 10.9 Å². The maximum absolute atomic E-state index is 13.3. The van der Waals surface area contributed by atoms with E-state index in [1.807, 2.05) is 24.3 Å². The van der Waals surface area contributed by atoms with Crippen molar-refractivity contribution in [3.05, 3.63) is 62.6 Å². The highest BCUT2D eigenvalue weighted by Gasteiger charge is 2.22. The van der Waals surface area contributed by atoms with Crippen LogP contribution in [0.2, 0.25) is 0 Å². The van der Waals surface area contributed by atoms with Gasteiger partial charge in [0.1, 0.15) is 11.9 Å². The maximum atomic E-state index is 13.3. The van der Waals surface area contributed by atoms with Crippen LogP contribution in [-0.2, 0) is 0 Å². The summed E-state index contributed by atoms with van der Waals surface area (Å²) < 4.78 is 13.0. The van der Waals surface area contributed by atoms with Gasteiger partial charge in [-0.25, -0.2) is 4.98 Å². The Morgan fingerprint density at radius 1 is 1.25 bits per heavy atom. The molecule has 0 radical (unpaired) electrons. The number of methoxy groups -OCH3 is 1. The molecule has 0 unspecified atom stereocenters. The van der Waals surface area contributed by atoms with Gasteiger partial charge in [-0.15, -0.1) is 0 Å². The molecule has 1 saturated carbocycles. The summed E-state index contributed by atoms with van der Waals surface area (Å²) in [4.78, 5) is 18.2. The quantitative estimate of drug-likeness (QED) is 0.449. The Labute approximate surface area is 194 Å². The molecule has 1 aromatic heterocycles. The number of nitrogens with zero attached hydrogens (tertiary/aromatic N) is 4. The van der Waals surface area contributed by atoms with E-state index in [1.165, 1.54) is 18.2 Å². The highest BCUT2D eigenvalue weighted by molar-refractivity contribution is 9.10. The summed E-state index contributed by atoms with van der Waals surface area (Å²) in [5.74, 6) is 1.84. The Hall–Kier alpha value is -3.18. The molecule has 8 heteroatoms. The van der Waals surface area contributed by atoms with E-state index in [-0.39, 0.29) is 18.1 Å². The lowest BCUT2D eigenvalue weighted by Gasteiger charge is -2.22. The van der Waals surface area contributed by atoms with E-state index >= 15 is 0 Å². The second kappa shape index (κ2) is 9.96. The summed E-state index contributed by atoms with van der Waals surface area (Å²) in [5.41, 5.74) is 1.23. The SMILES string of the molecule is COc1cc(C=Nn2c(C3CCCCC3)nc3ccccc3c2=O)c(Br)cc1OCC#N. The zero-order valence-corrected chi connectivity index (χ0v) is 19.3. The Balaban J connectivity index is 1.79. The van der Waals surface area contributed by atoms with Crippen LogP contribution in [-0.4, -0.2) is 29.6 Å². The van der Waals surface area contributed by atoms with Gasteiger partial charge in [0.25, 0.3) is 5.56 Å². The van der Waals surface area contributed by atoms with Crippen molar-refractivity contribution in [3.8, 4) is 17.6 Å². The van der Waals surface area contributed by atoms with Gasteiger partial charge in [-0.3, -0.25) is 4.79 Å². The van der Waals surface area contributed by atoms with Gasteiger partial charge < -0.3 is 9.47 Å². The lowest BCUT2D eigenvalue weighted by molar-refractivity contribution is 0.329. The van der Waals surface area contributed by atoms with Crippen molar-refractivity contribution < 1.29 is 9.47 Å². The minimum absolute atomic E-state index is 0.0842. The molecular weight excluding hydrogens is 472 g/mol. The van der Waals surface area contributed by atoms with Gasteiger partial charge in [0.05, 0.1) is 24.2 Å². The van der Waals surface area contributed by atoms with E-state index in [4.69, 9.17) is 19.7 Å². The monoisotopic (exact) mass is 494 g/mol. The second-order valence-corrected chi connectivity index (χ2v) is 8.51. The van der Waals surface area contributed by atoms with E-state index < -0.39 is 0 Å². The van der Waals surface area contributed by atoms with Crippen LogP contribution in [0.1, 0.15) is 49.4 Å². The van der Waals surface area contributed by atoms with Gasteiger partial charge in [-0.05, 0) is 53.0 Å². The Morgan fingerprint density at radius 3 is 2.78 bits per heavy atom. The third-order valence-electron chi connectivity index (χ3n) is 5.64. The van der Waals surface area contributed by atoms with Gasteiger partial charge in [-0.2, -0.15) is 15.0 Å². The summed E-state index contributed by atoms with van der Waals surface area (Å²) in [6.07, 6.45) is 7.09. The highest BCUT2D eigenvalue weighted by atomic mass is 79.9. The van der Waals surface area contributed by atoms with Crippen molar-refractivity contribution in [3.63, 3.8) is 0 Å². The van der Waals surface area contributed by atoms with Gasteiger partial charge in [-0.1, -0.05) is 31.4 Å². The van der Waals surface area contributed by atoms with Crippen molar-refractivity contribution in [2.75, 3.05) is 13.7 Å². The summed E-state index contributed by atoms with van der Waals surface area (Å²) in [6, 6.07) is 12.8. The van der Waals surface area contributed by atoms with Crippen LogP contribution in [0.4, 0.5) is 0 Å². The summed E-state index contributed by atoms with van der Waals surface area (Å²) in [6.45, 7) is -0.0842. The van der Waals surface area contributed by atoms with Crippen LogP contribution < -0.4 is 15.0 Å². The first-order chi connectivity index (χ1) is 15.6. The van der Waals surface area contributed by atoms with E-state index in [0.29, 0.717) is 38.3 Å². The molecule has 4 rings (SSSR count). The standard InChI is InChI=1S/C24H23BrN4O3/c1-31-21-13-17(19(25)14-22(21)32-12-11-26)15-27-29-23(16-7-3-2-4-8-16)28-20-10-6-5-9-18(20)24(29)30/h5-6,9-10,13-16H,2-4,7-8,12H2,1H3. The average Bonchev–Trinajstić information content (AvgIpc) is 2.83. The number of rotatable bonds is 6. The number of aromatic nitrogens is 2. The third kappa shape index (κ3) is 4.53. The maximum Gasteiger partial charge on any atom is 0.282 e. The second-order valence-electron chi connectivity index (χ2n) is 7.65. The van der Waals surface area contributed by atoms with Crippen LogP contribution >= 0.6 is 15.9 Å². The molecule has 1 heterocycles. The molecule has 3 aromatic rings. The molecule has 0 amide bonds. The molecule has 0 bridgehead atoms. The molecule has 1 fully saturated rings. The first-order valence-corrected chi connectivity index (χ1v) is 11.3. The summed E-state index contributed by atoms with van der Waals surface area (Å²) in [7, 11) is 1.53. The number of hydrogen-bond acceptors (Lipinski definition) is 6. The highest BCUT2D eigenvalue weighted by Crippen LogP contribution is 2.34. The minimum Gasteiger partial charge on any atom is -0.493 e. The van der Waals surface area contributed by atoms with E-state index in [2.05, 4.69) is 21.0 Å². The van der Waals surface area contributed by atoms with Crippen LogP contribution in [0.15, 0.2) is 50.8 Å². The minimum atomic E-state index is -0.176. The fourth-order valence-corrected chi connectivity index (χ4v) is 4.45. The predicted molar refractivity (Wildman–Crippen MR) is 127 cm³/mol. The average molecular weight is 495 g/mol. The van der Waals surface area contributed by atoms with Crippen LogP contribution in [0.5, 0.6) is 11.5 Å². The Bertz CT molecular complexity index is 1260. The third-order valence-corrected chi connectivity index (χ3v) is 6.32. The van der Waals surface area contributed by atoms with Crippen LogP contribution in [0, 0.1) is 11.3 Å². The van der Waals surface area contributed by atoms with Crippen molar-refractivity contribution >= 4 is 33.0 Å². The van der Waals surface area contributed by atoms with Crippen LogP contribution in [0.3, 0.4) is 0 Å². The summed E-state index contributed by atoms with van der Waals surface area (Å²) >= 11 is 3.52. The number of ether oxygens (including phenoxy) is 2. The fourth-order valence-electron chi connectivity index (χ4n) is 4.03. The van der Waals surface area contributed by atoms with Crippen molar-refractivity contribution in [1.82, 2.24) is 9.66 Å². The molecule has 0 N–H and O–H groups in total. The molecular formula is C24H23BrN4O3. The Kier molecular flexibility index (Phi) is 6.86. The molecule has 0 atom stereocenters. The first kappa shape index (κ1) is 22.0. The molecule has 164 valence electrons.